The van der Waals surface area contributed by atoms with Gasteiger partial charge in [0.15, 0.2) is 5.78 Å². The van der Waals surface area contributed by atoms with Crippen LogP contribution in [-0.4, -0.2) is 24.5 Å². The first-order valence-electron chi connectivity index (χ1n) is 10.9. The second-order valence-corrected chi connectivity index (χ2v) is 7.37. The lowest BCUT2D eigenvalue weighted by Gasteiger charge is -2.19. The molecule has 0 saturated carbocycles. The van der Waals surface area contributed by atoms with Crippen molar-refractivity contribution in [2.24, 2.45) is 0 Å². The SMILES string of the molecule is C=CCCCC(=O)c1c(CC(=O)OCC)cc(OCc2ccccc2)cc1OC(C)C=C. The van der Waals surface area contributed by atoms with Crippen LogP contribution in [0.1, 0.15) is 54.6 Å². The predicted molar refractivity (Wildman–Crippen MR) is 126 cm³/mol. The summed E-state index contributed by atoms with van der Waals surface area (Å²) in [5.74, 6) is 0.399. The highest BCUT2D eigenvalue weighted by Crippen LogP contribution is 2.32. The number of hydrogen-bond acceptors (Lipinski definition) is 5. The average Bonchev–Trinajstić information content (AvgIpc) is 2.78. The normalized spacial score (nSPS) is 11.3. The van der Waals surface area contributed by atoms with Crippen LogP contribution in [0.2, 0.25) is 0 Å². The summed E-state index contributed by atoms with van der Waals surface area (Å²) in [6, 6.07) is 13.2. The smallest absolute Gasteiger partial charge is 0.310 e. The second kappa shape index (κ2) is 13.2. The first-order chi connectivity index (χ1) is 15.5. The van der Waals surface area contributed by atoms with Crippen LogP contribution in [0.5, 0.6) is 11.5 Å². The van der Waals surface area contributed by atoms with Crippen molar-refractivity contribution in [1.29, 1.82) is 0 Å². The van der Waals surface area contributed by atoms with Gasteiger partial charge in [0.2, 0.25) is 0 Å². The molecule has 0 N–H and O–H groups in total. The van der Waals surface area contributed by atoms with Gasteiger partial charge in [-0.15, -0.1) is 6.58 Å². The van der Waals surface area contributed by atoms with Crippen molar-refractivity contribution in [2.75, 3.05) is 6.61 Å². The molecule has 2 rings (SSSR count). The molecule has 1 atom stereocenters. The molecule has 2 aromatic carbocycles. The molecule has 0 aromatic heterocycles. The fraction of sp³-hybridized carbons (Fsp3) is 0.333. The van der Waals surface area contributed by atoms with E-state index >= 15 is 0 Å². The van der Waals surface area contributed by atoms with Crippen LogP contribution in [0.25, 0.3) is 0 Å². The van der Waals surface area contributed by atoms with Crippen LogP contribution < -0.4 is 9.47 Å². The van der Waals surface area contributed by atoms with Crippen LogP contribution in [0.3, 0.4) is 0 Å². The van der Waals surface area contributed by atoms with Crippen LogP contribution in [0.15, 0.2) is 67.8 Å². The molecule has 0 fully saturated rings. The van der Waals surface area contributed by atoms with Crippen molar-refractivity contribution in [3.63, 3.8) is 0 Å². The predicted octanol–water partition coefficient (Wildman–Crippen LogP) is 5.86. The van der Waals surface area contributed by atoms with Crippen molar-refractivity contribution >= 4 is 11.8 Å². The summed E-state index contributed by atoms with van der Waals surface area (Å²) in [6.07, 6.45) is 4.79. The Labute approximate surface area is 190 Å². The van der Waals surface area contributed by atoms with E-state index in [9.17, 15) is 9.59 Å². The molecule has 32 heavy (non-hydrogen) atoms. The van der Waals surface area contributed by atoms with Crippen LogP contribution in [0.4, 0.5) is 0 Å². The van der Waals surface area contributed by atoms with Crippen molar-refractivity contribution in [3.8, 4) is 11.5 Å². The van der Waals surface area contributed by atoms with Crippen molar-refractivity contribution in [1.82, 2.24) is 0 Å². The number of ether oxygens (including phenoxy) is 3. The summed E-state index contributed by atoms with van der Waals surface area (Å²) in [4.78, 5) is 25.4. The monoisotopic (exact) mass is 436 g/mol. The van der Waals surface area contributed by atoms with Gasteiger partial charge in [-0.2, -0.15) is 0 Å². The molecule has 5 nitrogen and oxygen atoms in total. The molecule has 1 unspecified atom stereocenters. The zero-order valence-electron chi connectivity index (χ0n) is 19.0. The number of allylic oxidation sites excluding steroid dienone is 1. The minimum atomic E-state index is -0.407. The Morgan fingerprint density at radius 1 is 1.12 bits per heavy atom. The summed E-state index contributed by atoms with van der Waals surface area (Å²) < 4.78 is 17.1. The summed E-state index contributed by atoms with van der Waals surface area (Å²) in [5, 5.41) is 0. The van der Waals surface area contributed by atoms with Gasteiger partial charge < -0.3 is 14.2 Å². The number of esters is 1. The fourth-order valence-electron chi connectivity index (χ4n) is 3.17. The van der Waals surface area contributed by atoms with Gasteiger partial charge in [-0.1, -0.05) is 49.1 Å². The number of hydrogen-bond donors (Lipinski definition) is 0. The molecule has 2 aromatic rings. The number of carbonyl (C=O) groups is 2. The van der Waals surface area contributed by atoms with Crippen molar-refractivity contribution in [3.05, 3.63) is 84.5 Å². The Kier molecular flexibility index (Phi) is 10.2. The van der Waals surface area contributed by atoms with E-state index in [0.717, 1.165) is 12.0 Å². The topological polar surface area (TPSA) is 61.8 Å². The van der Waals surface area contributed by atoms with Crippen LogP contribution in [-0.2, 0) is 22.6 Å². The van der Waals surface area contributed by atoms with E-state index in [-0.39, 0.29) is 24.9 Å². The third-order valence-corrected chi connectivity index (χ3v) is 4.78. The standard InChI is InChI=1S/C27H32O5/c1-5-8-10-15-24(28)27-22(17-26(29)30-7-3)16-23(18-25(27)32-20(4)6-2)31-19-21-13-11-9-12-14-21/h5-6,9,11-14,16,18,20H,1-2,7-8,10,15,17,19H2,3-4H3. The Balaban J connectivity index is 2.44. The molecule has 0 radical (unpaired) electrons. The van der Waals surface area contributed by atoms with Gasteiger partial charge in [0, 0.05) is 12.5 Å². The summed E-state index contributed by atoms with van der Waals surface area (Å²) in [6.45, 7) is 11.7. The zero-order chi connectivity index (χ0) is 23.3. The third kappa shape index (κ3) is 7.73. The minimum Gasteiger partial charge on any atom is -0.489 e. The number of benzene rings is 2. The molecule has 0 aliphatic rings. The number of rotatable bonds is 14. The van der Waals surface area contributed by atoms with Crippen molar-refractivity contribution < 1.29 is 23.8 Å². The lowest BCUT2D eigenvalue weighted by Crippen LogP contribution is -2.16. The maximum absolute atomic E-state index is 13.1. The largest absolute Gasteiger partial charge is 0.489 e. The molecule has 5 heteroatoms. The average molecular weight is 437 g/mol. The zero-order valence-corrected chi connectivity index (χ0v) is 19.0. The molecular weight excluding hydrogens is 404 g/mol. The molecule has 0 bridgehead atoms. The first-order valence-corrected chi connectivity index (χ1v) is 10.9. The first kappa shape index (κ1) is 24.9. The quantitative estimate of drug-likeness (QED) is 0.161. The van der Waals surface area contributed by atoms with Crippen LogP contribution in [0, 0.1) is 0 Å². The van der Waals surface area contributed by atoms with Gasteiger partial charge >= 0.3 is 5.97 Å². The summed E-state index contributed by atoms with van der Waals surface area (Å²) in [5.41, 5.74) is 1.93. The fourth-order valence-corrected chi connectivity index (χ4v) is 3.17. The van der Waals surface area contributed by atoms with E-state index in [0.29, 0.717) is 42.1 Å². The number of Topliss-reactive ketones (excluding diaryl/α,β-unsaturated/α-hetero) is 1. The molecule has 170 valence electrons. The third-order valence-electron chi connectivity index (χ3n) is 4.78. The van der Waals surface area contributed by atoms with Gasteiger partial charge in [-0.3, -0.25) is 9.59 Å². The summed E-state index contributed by atoms with van der Waals surface area (Å²) in [7, 11) is 0. The highest BCUT2D eigenvalue weighted by molar-refractivity contribution is 6.01. The molecule has 0 spiro atoms. The summed E-state index contributed by atoms with van der Waals surface area (Å²) >= 11 is 0. The molecule has 0 heterocycles. The molecule has 0 saturated heterocycles. The lowest BCUT2D eigenvalue weighted by atomic mass is 9.96. The highest BCUT2D eigenvalue weighted by atomic mass is 16.5. The Morgan fingerprint density at radius 2 is 1.88 bits per heavy atom. The molecule has 0 amide bonds. The van der Waals surface area contributed by atoms with E-state index < -0.39 is 5.97 Å². The number of carbonyl (C=O) groups excluding carboxylic acids is 2. The van der Waals surface area contributed by atoms with Gasteiger partial charge in [0.05, 0.1) is 18.6 Å². The molecule has 0 aliphatic carbocycles. The Hall–Kier alpha value is -3.34. The minimum absolute atomic E-state index is 0.0439. The second-order valence-electron chi connectivity index (χ2n) is 7.37. The van der Waals surface area contributed by atoms with Gasteiger partial charge in [0.25, 0.3) is 0 Å². The number of ketones is 1. The van der Waals surface area contributed by atoms with E-state index in [4.69, 9.17) is 14.2 Å². The van der Waals surface area contributed by atoms with E-state index in [1.54, 1.807) is 31.2 Å². The number of unbranched alkanes of at least 4 members (excludes halogenated alkanes) is 1. The van der Waals surface area contributed by atoms with Gasteiger partial charge in [-0.05, 0) is 43.9 Å². The van der Waals surface area contributed by atoms with E-state index in [2.05, 4.69) is 13.2 Å². The Bertz CT molecular complexity index is 917. The van der Waals surface area contributed by atoms with Gasteiger partial charge in [-0.25, -0.2) is 0 Å². The van der Waals surface area contributed by atoms with Crippen LogP contribution >= 0.6 is 0 Å². The van der Waals surface area contributed by atoms with E-state index in [1.807, 2.05) is 37.3 Å². The molecule has 0 aliphatic heterocycles. The van der Waals surface area contributed by atoms with E-state index in [1.165, 1.54) is 0 Å². The maximum Gasteiger partial charge on any atom is 0.310 e. The highest BCUT2D eigenvalue weighted by Gasteiger charge is 2.22. The Morgan fingerprint density at radius 3 is 2.53 bits per heavy atom. The maximum atomic E-state index is 13.1. The lowest BCUT2D eigenvalue weighted by molar-refractivity contribution is -0.142. The van der Waals surface area contributed by atoms with Gasteiger partial charge in [0.1, 0.15) is 24.2 Å². The van der Waals surface area contributed by atoms with Crippen molar-refractivity contribution in [2.45, 2.75) is 52.2 Å². The molecular formula is C27H32O5.